The highest BCUT2D eigenvalue weighted by atomic mass is 16.6. The summed E-state index contributed by atoms with van der Waals surface area (Å²) in [7, 11) is 1.61. The fraction of sp³-hybridized carbons (Fsp3) is 0.440. The quantitative estimate of drug-likeness (QED) is 0.563. The monoisotopic (exact) mass is 466 g/mol. The third kappa shape index (κ3) is 4.46. The predicted molar refractivity (Wildman–Crippen MR) is 125 cm³/mol. The number of hydrazone groups is 1. The van der Waals surface area contributed by atoms with Crippen molar-refractivity contribution in [3.05, 3.63) is 59.7 Å². The molecule has 3 aliphatic rings. The number of methoxy groups -OCH3 is 1. The van der Waals surface area contributed by atoms with Gasteiger partial charge in [-0.15, -0.1) is 5.10 Å². The number of hydrazine groups is 1. The van der Waals surface area contributed by atoms with Crippen molar-refractivity contribution in [1.29, 1.82) is 0 Å². The molecule has 34 heavy (non-hydrogen) atoms. The van der Waals surface area contributed by atoms with Crippen molar-refractivity contribution in [1.82, 2.24) is 15.0 Å². The molecule has 1 N–H and O–H groups in total. The zero-order chi connectivity index (χ0) is 23.7. The topological polar surface area (TPSA) is 87.1 Å². The van der Waals surface area contributed by atoms with Crippen molar-refractivity contribution in [2.75, 3.05) is 26.7 Å². The number of β-amino-alcohol motifs (C(OH)–C–C–N with tert-alkyl or cyclic N) is 1. The Balaban J connectivity index is 1.19. The van der Waals surface area contributed by atoms with E-state index in [9.17, 15) is 9.90 Å². The Labute approximate surface area is 199 Å². The number of nitrogens with zero attached hydrogens (tertiary/aromatic N) is 4. The Kier molecular flexibility index (Phi) is 6.16. The molecule has 9 heteroatoms. The molecule has 2 unspecified atom stereocenters. The minimum atomic E-state index is -0.829. The van der Waals surface area contributed by atoms with Crippen molar-refractivity contribution in [3.8, 4) is 11.5 Å². The molecule has 9 nitrogen and oxygen atoms in total. The summed E-state index contributed by atoms with van der Waals surface area (Å²) >= 11 is 0. The van der Waals surface area contributed by atoms with Crippen LogP contribution >= 0.6 is 0 Å². The van der Waals surface area contributed by atoms with E-state index in [1.165, 1.54) is 5.56 Å². The van der Waals surface area contributed by atoms with Crippen LogP contribution in [0.15, 0.2) is 53.6 Å². The van der Waals surface area contributed by atoms with Gasteiger partial charge in [0, 0.05) is 38.2 Å². The van der Waals surface area contributed by atoms with Gasteiger partial charge in [-0.05, 0) is 48.4 Å². The van der Waals surface area contributed by atoms with Gasteiger partial charge < -0.3 is 19.3 Å². The average Bonchev–Trinajstić information content (AvgIpc) is 3.25. The van der Waals surface area contributed by atoms with Gasteiger partial charge in [0.25, 0.3) is 6.23 Å². The zero-order valence-corrected chi connectivity index (χ0v) is 19.5. The van der Waals surface area contributed by atoms with Crippen LogP contribution in [0.5, 0.6) is 11.5 Å². The molecule has 2 fully saturated rings. The maximum atomic E-state index is 11.7. The molecule has 0 aromatic heterocycles. The highest BCUT2D eigenvalue weighted by Gasteiger charge is 2.42. The SMILES string of the molecule is CCC1(O)CN(Cc2ccc(OC3CCN3N3N=C(c4ccc(OC)cc4)OC3C=O)cc2)C1. The second-order valence-electron chi connectivity index (χ2n) is 8.99. The molecule has 0 spiro atoms. The van der Waals surface area contributed by atoms with Gasteiger partial charge in [0.05, 0.1) is 12.7 Å². The summed E-state index contributed by atoms with van der Waals surface area (Å²) < 4.78 is 17.1. The van der Waals surface area contributed by atoms with E-state index in [2.05, 4.69) is 22.1 Å². The van der Waals surface area contributed by atoms with Crippen LogP contribution in [-0.2, 0) is 16.1 Å². The minimum absolute atomic E-state index is 0.231. The lowest BCUT2D eigenvalue weighted by molar-refractivity contribution is -0.218. The summed E-state index contributed by atoms with van der Waals surface area (Å²) in [6, 6.07) is 15.4. The predicted octanol–water partition coefficient (Wildman–Crippen LogP) is 2.20. The van der Waals surface area contributed by atoms with Crippen LogP contribution in [0, 0.1) is 0 Å². The van der Waals surface area contributed by atoms with Gasteiger partial charge in [0.1, 0.15) is 11.5 Å². The second-order valence-corrected chi connectivity index (χ2v) is 8.99. The van der Waals surface area contributed by atoms with E-state index in [-0.39, 0.29) is 6.23 Å². The Morgan fingerprint density at radius 3 is 2.44 bits per heavy atom. The Morgan fingerprint density at radius 2 is 1.85 bits per heavy atom. The maximum Gasteiger partial charge on any atom is 0.260 e. The average molecular weight is 467 g/mol. The van der Waals surface area contributed by atoms with Crippen LogP contribution < -0.4 is 9.47 Å². The molecule has 0 radical (unpaired) electrons. The number of aldehydes is 1. The van der Waals surface area contributed by atoms with Crippen LogP contribution in [0.25, 0.3) is 0 Å². The molecule has 0 aliphatic carbocycles. The first-order valence-electron chi connectivity index (χ1n) is 11.6. The van der Waals surface area contributed by atoms with Gasteiger partial charge in [-0.3, -0.25) is 9.69 Å². The van der Waals surface area contributed by atoms with Gasteiger partial charge in [-0.2, -0.15) is 10.1 Å². The van der Waals surface area contributed by atoms with Crippen LogP contribution in [0.3, 0.4) is 0 Å². The fourth-order valence-corrected chi connectivity index (χ4v) is 4.39. The van der Waals surface area contributed by atoms with E-state index in [0.717, 1.165) is 42.7 Å². The Morgan fingerprint density at radius 1 is 1.15 bits per heavy atom. The molecule has 2 aromatic rings. The molecular formula is C25H30N4O5. The molecule has 3 heterocycles. The van der Waals surface area contributed by atoms with Crippen molar-refractivity contribution >= 4 is 12.2 Å². The second kappa shape index (κ2) is 9.25. The number of hydrogen-bond acceptors (Lipinski definition) is 9. The lowest BCUT2D eigenvalue weighted by Crippen LogP contribution is -2.60. The van der Waals surface area contributed by atoms with E-state index in [1.807, 2.05) is 48.3 Å². The van der Waals surface area contributed by atoms with Gasteiger partial charge in [-0.1, -0.05) is 19.1 Å². The van der Waals surface area contributed by atoms with Gasteiger partial charge in [0.2, 0.25) is 5.90 Å². The van der Waals surface area contributed by atoms with Gasteiger partial charge >= 0.3 is 0 Å². The van der Waals surface area contributed by atoms with E-state index in [4.69, 9.17) is 14.2 Å². The number of rotatable bonds is 9. The van der Waals surface area contributed by atoms with E-state index >= 15 is 0 Å². The molecular weight excluding hydrogens is 436 g/mol. The first-order valence-corrected chi connectivity index (χ1v) is 11.6. The first-order chi connectivity index (χ1) is 16.5. The van der Waals surface area contributed by atoms with Gasteiger partial charge in [0.15, 0.2) is 12.5 Å². The van der Waals surface area contributed by atoms with E-state index in [1.54, 1.807) is 12.2 Å². The Hall–Kier alpha value is -3.14. The van der Waals surface area contributed by atoms with E-state index in [0.29, 0.717) is 25.5 Å². The Bertz CT molecular complexity index is 1040. The molecule has 0 saturated carbocycles. The molecule has 2 saturated heterocycles. The summed E-state index contributed by atoms with van der Waals surface area (Å²) in [5.41, 5.74) is 1.42. The lowest BCUT2D eigenvalue weighted by atomic mass is 9.91. The number of ether oxygens (including phenoxy) is 3. The fourth-order valence-electron chi connectivity index (χ4n) is 4.39. The normalized spacial score (nSPS) is 24.0. The number of benzene rings is 2. The van der Waals surface area contributed by atoms with Crippen molar-refractivity contribution in [3.63, 3.8) is 0 Å². The molecule has 2 atom stereocenters. The molecule has 5 rings (SSSR count). The summed E-state index contributed by atoms with van der Waals surface area (Å²) in [6.07, 6.45) is 1.28. The standard InChI is InChI=1S/C25H30N4O5/c1-3-25(31)16-27(17-25)14-18-4-8-21(9-5-18)33-22-12-13-28(22)29-23(15-30)34-24(26-29)19-6-10-20(32-2)11-7-19/h4-11,15,22-23,31H,3,12-14,16-17H2,1-2H3. The smallest absolute Gasteiger partial charge is 0.260 e. The first kappa shape index (κ1) is 22.6. The third-order valence-corrected chi connectivity index (χ3v) is 6.60. The summed E-state index contributed by atoms with van der Waals surface area (Å²) in [5.74, 6) is 1.88. The van der Waals surface area contributed by atoms with Crippen LogP contribution in [0.1, 0.15) is 30.9 Å². The van der Waals surface area contributed by atoms with E-state index < -0.39 is 11.8 Å². The number of likely N-dealkylation sites (tertiary alicyclic amines) is 1. The maximum absolute atomic E-state index is 11.7. The molecule has 0 amide bonds. The van der Waals surface area contributed by atoms with Crippen LogP contribution in [0.2, 0.25) is 0 Å². The summed E-state index contributed by atoms with van der Waals surface area (Å²) in [5, 5.41) is 18.2. The van der Waals surface area contributed by atoms with Crippen molar-refractivity contribution in [2.24, 2.45) is 5.10 Å². The molecule has 0 bridgehead atoms. The molecule has 2 aromatic carbocycles. The number of carbonyl (C=O) groups excluding carboxylic acids is 1. The summed E-state index contributed by atoms with van der Waals surface area (Å²) in [4.78, 5) is 13.9. The highest BCUT2D eigenvalue weighted by molar-refractivity contribution is 5.95. The number of aliphatic hydroxyl groups is 1. The number of hydrogen-bond donors (Lipinski definition) is 1. The summed E-state index contributed by atoms with van der Waals surface area (Å²) in [6.45, 7) is 4.98. The van der Waals surface area contributed by atoms with Crippen LogP contribution in [0.4, 0.5) is 0 Å². The zero-order valence-electron chi connectivity index (χ0n) is 19.5. The van der Waals surface area contributed by atoms with Gasteiger partial charge in [-0.25, -0.2) is 0 Å². The number of carbonyl (C=O) groups is 1. The van der Waals surface area contributed by atoms with Crippen LogP contribution in [-0.4, -0.2) is 77.1 Å². The highest BCUT2D eigenvalue weighted by Crippen LogP contribution is 2.30. The van der Waals surface area contributed by atoms with Crippen molar-refractivity contribution in [2.45, 2.75) is 44.4 Å². The molecule has 180 valence electrons. The van der Waals surface area contributed by atoms with Crippen molar-refractivity contribution < 1.29 is 24.1 Å². The largest absolute Gasteiger partial charge is 0.497 e. The minimum Gasteiger partial charge on any atom is -0.497 e. The molecule has 3 aliphatic heterocycles. The lowest BCUT2D eigenvalue weighted by Gasteiger charge is -2.46. The third-order valence-electron chi connectivity index (χ3n) is 6.60.